The molecule has 116 valence electrons. The van der Waals surface area contributed by atoms with Crippen molar-refractivity contribution in [2.24, 2.45) is 10.9 Å². The van der Waals surface area contributed by atoms with E-state index in [1.165, 1.54) is 0 Å². The maximum absolute atomic E-state index is 12.6. The first-order valence-electron chi connectivity index (χ1n) is 7.39. The topological polar surface area (TPSA) is 87.7 Å². The van der Waals surface area contributed by atoms with Crippen LogP contribution in [0.3, 0.4) is 0 Å². The second-order valence-electron chi connectivity index (χ2n) is 5.14. The van der Waals surface area contributed by atoms with Crippen LogP contribution < -0.4 is 11.1 Å². The van der Waals surface area contributed by atoms with Crippen LogP contribution in [0.4, 0.5) is 0 Å². The van der Waals surface area contributed by atoms with E-state index in [1.807, 2.05) is 51.1 Å². The average Bonchev–Trinajstić information content (AvgIpc) is 2.53. The molecule has 0 aliphatic rings. The van der Waals surface area contributed by atoms with Crippen molar-refractivity contribution in [3.05, 3.63) is 35.9 Å². The van der Waals surface area contributed by atoms with Crippen LogP contribution in [0.2, 0.25) is 0 Å². The van der Waals surface area contributed by atoms with Crippen LogP contribution in [-0.4, -0.2) is 22.5 Å². The smallest absolute Gasteiger partial charge is 0.228 e. The molecule has 1 aromatic rings. The van der Waals surface area contributed by atoms with Gasteiger partial charge in [-0.3, -0.25) is 4.79 Å². The summed E-state index contributed by atoms with van der Waals surface area (Å²) >= 11 is 0. The van der Waals surface area contributed by atoms with Gasteiger partial charge >= 0.3 is 0 Å². The summed E-state index contributed by atoms with van der Waals surface area (Å²) in [4.78, 5) is 12.6. The van der Waals surface area contributed by atoms with Crippen molar-refractivity contribution in [2.45, 2.75) is 51.5 Å². The first-order valence-corrected chi connectivity index (χ1v) is 7.39. The molecular weight excluding hydrogens is 266 g/mol. The minimum absolute atomic E-state index is 0.0452. The van der Waals surface area contributed by atoms with Crippen LogP contribution in [0.1, 0.15) is 51.5 Å². The van der Waals surface area contributed by atoms with Crippen molar-refractivity contribution in [1.29, 1.82) is 0 Å². The Labute approximate surface area is 126 Å². The Morgan fingerprint density at radius 1 is 1.29 bits per heavy atom. The summed E-state index contributed by atoms with van der Waals surface area (Å²) in [6.45, 7) is 5.79. The third-order valence-corrected chi connectivity index (χ3v) is 4.09. The number of amides is 1. The summed E-state index contributed by atoms with van der Waals surface area (Å²) in [7, 11) is 0. The second-order valence-corrected chi connectivity index (χ2v) is 5.14. The van der Waals surface area contributed by atoms with Crippen LogP contribution in [-0.2, 0) is 4.79 Å². The maximum atomic E-state index is 12.6. The van der Waals surface area contributed by atoms with E-state index in [0.29, 0.717) is 19.3 Å². The highest BCUT2D eigenvalue weighted by atomic mass is 16.4. The Hall–Kier alpha value is -2.04. The number of oxime groups is 1. The maximum Gasteiger partial charge on any atom is 0.228 e. The fourth-order valence-electron chi connectivity index (χ4n) is 2.53. The van der Waals surface area contributed by atoms with Crippen molar-refractivity contribution in [3.63, 3.8) is 0 Å². The number of rotatable bonds is 7. The van der Waals surface area contributed by atoms with E-state index in [-0.39, 0.29) is 17.7 Å². The number of nitrogens with two attached hydrogens (primary N) is 1. The van der Waals surface area contributed by atoms with Crippen LogP contribution in [0.15, 0.2) is 35.5 Å². The van der Waals surface area contributed by atoms with Crippen LogP contribution in [0, 0.1) is 0 Å². The molecule has 1 unspecified atom stereocenters. The lowest BCUT2D eigenvalue weighted by molar-refractivity contribution is -0.124. The van der Waals surface area contributed by atoms with Gasteiger partial charge in [-0.1, -0.05) is 56.3 Å². The molecule has 0 bridgehead atoms. The van der Waals surface area contributed by atoms with Gasteiger partial charge in [0.15, 0.2) is 5.84 Å². The van der Waals surface area contributed by atoms with Gasteiger partial charge in [-0.2, -0.15) is 0 Å². The van der Waals surface area contributed by atoms with Crippen molar-refractivity contribution < 1.29 is 10.0 Å². The van der Waals surface area contributed by atoms with Gasteiger partial charge < -0.3 is 16.3 Å². The van der Waals surface area contributed by atoms with Crippen molar-refractivity contribution in [3.8, 4) is 0 Å². The number of hydrogen-bond donors (Lipinski definition) is 3. The number of amidine groups is 1. The molecule has 0 aliphatic heterocycles. The van der Waals surface area contributed by atoms with Crippen molar-refractivity contribution in [2.75, 3.05) is 0 Å². The van der Waals surface area contributed by atoms with Crippen molar-refractivity contribution in [1.82, 2.24) is 5.32 Å². The number of benzene rings is 1. The fraction of sp³-hybridized carbons (Fsp3) is 0.500. The number of hydrogen-bond acceptors (Lipinski definition) is 3. The summed E-state index contributed by atoms with van der Waals surface area (Å²) in [5.41, 5.74) is 5.96. The van der Waals surface area contributed by atoms with Gasteiger partial charge in [0.05, 0.1) is 5.92 Å². The molecule has 0 radical (unpaired) electrons. The molecule has 21 heavy (non-hydrogen) atoms. The number of nitrogens with zero attached hydrogens (tertiary/aromatic N) is 1. The average molecular weight is 291 g/mol. The van der Waals surface area contributed by atoms with E-state index >= 15 is 0 Å². The monoisotopic (exact) mass is 291 g/mol. The Bertz CT molecular complexity index is 482. The first-order chi connectivity index (χ1) is 10.0. The third kappa shape index (κ3) is 3.74. The summed E-state index contributed by atoms with van der Waals surface area (Å²) < 4.78 is 0. The highest BCUT2D eigenvalue weighted by Crippen LogP contribution is 2.23. The number of nitrogens with one attached hydrogen (secondary N) is 1. The normalized spacial score (nSPS) is 13.8. The molecule has 1 atom stereocenters. The zero-order valence-electron chi connectivity index (χ0n) is 13.0. The minimum Gasteiger partial charge on any atom is -0.409 e. The van der Waals surface area contributed by atoms with Gasteiger partial charge in [-0.25, -0.2) is 0 Å². The summed E-state index contributed by atoms with van der Waals surface area (Å²) in [6.07, 6.45) is 1.82. The molecule has 4 N–H and O–H groups in total. The lowest BCUT2D eigenvalue weighted by atomic mass is 9.88. The van der Waals surface area contributed by atoms with Gasteiger partial charge in [-0.15, -0.1) is 0 Å². The zero-order valence-corrected chi connectivity index (χ0v) is 13.0. The van der Waals surface area contributed by atoms with Gasteiger partial charge in [0, 0.05) is 0 Å². The van der Waals surface area contributed by atoms with Gasteiger partial charge in [0.25, 0.3) is 0 Å². The molecule has 0 spiro atoms. The van der Waals surface area contributed by atoms with E-state index < -0.39 is 5.54 Å². The van der Waals surface area contributed by atoms with Crippen molar-refractivity contribution >= 4 is 11.7 Å². The molecule has 5 heteroatoms. The largest absolute Gasteiger partial charge is 0.409 e. The fourth-order valence-corrected chi connectivity index (χ4v) is 2.53. The lowest BCUT2D eigenvalue weighted by Gasteiger charge is -2.33. The standard InChI is InChI=1S/C16H25N3O2/c1-4-13(12-10-8-7-9-11-12)14(20)18-16(5-2,6-3)15(17)19-21/h7-11,13,21H,4-6H2,1-3H3,(H2,17,19)(H,18,20). The van der Waals surface area contributed by atoms with E-state index in [1.54, 1.807) is 0 Å². The van der Waals surface area contributed by atoms with Gasteiger partial charge in [-0.05, 0) is 24.8 Å². The Kier molecular flexibility index (Phi) is 6.21. The zero-order chi connectivity index (χ0) is 15.9. The SMILES string of the molecule is CCC(C(=O)NC(CC)(CC)/C(N)=N/O)c1ccccc1. The molecule has 0 aliphatic carbocycles. The first kappa shape index (κ1) is 17.0. The van der Waals surface area contributed by atoms with E-state index in [9.17, 15) is 4.79 Å². The summed E-state index contributed by atoms with van der Waals surface area (Å²) in [6, 6.07) is 9.64. The minimum atomic E-state index is -0.798. The van der Waals surface area contributed by atoms with Crippen LogP contribution in [0.5, 0.6) is 0 Å². The Balaban J connectivity index is 3.01. The molecule has 0 heterocycles. The van der Waals surface area contributed by atoms with E-state index in [2.05, 4.69) is 10.5 Å². The molecule has 5 nitrogen and oxygen atoms in total. The molecule has 1 rings (SSSR count). The number of carbonyl (C=O) groups excluding carboxylic acids is 1. The molecule has 0 aromatic heterocycles. The molecule has 0 saturated heterocycles. The Morgan fingerprint density at radius 3 is 2.29 bits per heavy atom. The molecule has 1 aromatic carbocycles. The van der Waals surface area contributed by atoms with E-state index in [4.69, 9.17) is 10.9 Å². The van der Waals surface area contributed by atoms with Crippen LogP contribution in [0.25, 0.3) is 0 Å². The quantitative estimate of drug-likeness (QED) is 0.312. The van der Waals surface area contributed by atoms with Crippen LogP contribution >= 0.6 is 0 Å². The van der Waals surface area contributed by atoms with E-state index in [0.717, 1.165) is 5.56 Å². The summed E-state index contributed by atoms with van der Waals surface area (Å²) in [5, 5.41) is 15.0. The van der Waals surface area contributed by atoms with Gasteiger partial charge in [0.2, 0.25) is 5.91 Å². The molecule has 0 saturated carbocycles. The Morgan fingerprint density at radius 2 is 1.86 bits per heavy atom. The van der Waals surface area contributed by atoms with Gasteiger partial charge in [0.1, 0.15) is 5.54 Å². The molecular formula is C16H25N3O2. The highest BCUT2D eigenvalue weighted by Gasteiger charge is 2.35. The third-order valence-electron chi connectivity index (χ3n) is 4.09. The predicted molar refractivity (Wildman–Crippen MR) is 84.3 cm³/mol. The molecule has 1 amide bonds. The highest BCUT2D eigenvalue weighted by molar-refractivity contribution is 5.95. The number of carbonyl (C=O) groups is 1. The predicted octanol–water partition coefficient (Wildman–Crippen LogP) is 2.60. The summed E-state index contributed by atoms with van der Waals surface area (Å²) in [5.74, 6) is -0.294. The molecule has 0 fully saturated rings. The lowest BCUT2D eigenvalue weighted by Crippen LogP contribution is -2.57. The second kappa shape index (κ2) is 7.67.